The Morgan fingerprint density at radius 1 is 0.640 bits per heavy atom. The van der Waals surface area contributed by atoms with E-state index in [-0.39, 0.29) is 22.5 Å². The SMILES string of the molecule is Br.C=C(CCCCCCCCCCCCCCCCCC)C(C)(C)N. The van der Waals surface area contributed by atoms with Crippen LogP contribution in [0.5, 0.6) is 0 Å². The zero-order valence-corrected chi connectivity index (χ0v) is 19.4. The van der Waals surface area contributed by atoms with E-state index in [9.17, 15) is 0 Å². The van der Waals surface area contributed by atoms with Crippen LogP contribution < -0.4 is 5.73 Å². The quantitative estimate of drug-likeness (QED) is 0.175. The third kappa shape index (κ3) is 20.3. The van der Waals surface area contributed by atoms with Gasteiger partial charge in [0.25, 0.3) is 0 Å². The second-order valence-electron chi connectivity index (χ2n) is 8.38. The summed E-state index contributed by atoms with van der Waals surface area (Å²) in [5.74, 6) is 0. The monoisotopic (exact) mass is 417 g/mol. The summed E-state index contributed by atoms with van der Waals surface area (Å²) in [6, 6.07) is 0. The summed E-state index contributed by atoms with van der Waals surface area (Å²) < 4.78 is 0. The first-order chi connectivity index (χ1) is 11.5. The van der Waals surface area contributed by atoms with Crippen LogP contribution in [0.25, 0.3) is 0 Å². The topological polar surface area (TPSA) is 26.0 Å². The standard InChI is InChI=1S/C23H47N.BrH/c1-5-6-7-8-9-10-11-12-13-14-15-16-17-18-19-20-21-22(2)23(3,4)24;/h2,5-21,24H2,1,3-4H3;1H. The Morgan fingerprint density at radius 2 is 0.920 bits per heavy atom. The zero-order chi connectivity index (χ0) is 18.1. The minimum absolute atomic E-state index is 0. The molecule has 0 aromatic carbocycles. The van der Waals surface area contributed by atoms with Crippen LogP contribution in [-0.4, -0.2) is 5.54 Å². The molecule has 0 aliphatic heterocycles. The molecule has 0 bridgehead atoms. The van der Waals surface area contributed by atoms with Crippen molar-refractivity contribution in [3.8, 4) is 0 Å². The van der Waals surface area contributed by atoms with Gasteiger partial charge in [-0.25, -0.2) is 0 Å². The van der Waals surface area contributed by atoms with Gasteiger partial charge >= 0.3 is 0 Å². The first-order valence-electron chi connectivity index (χ1n) is 11.0. The van der Waals surface area contributed by atoms with E-state index in [0.717, 1.165) is 6.42 Å². The molecule has 1 nitrogen and oxygen atoms in total. The first-order valence-corrected chi connectivity index (χ1v) is 11.0. The normalized spacial score (nSPS) is 11.4. The van der Waals surface area contributed by atoms with Gasteiger partial charge in [-0.3, -0.25) is 0 Å². The van der Waals surface area contributed by atoms with Crippen molar-refractivity contribution in [2.45, 2.75) is 135 Å². The Hall–Kier alpha value is 0.180. The first kappa shape index (κ1) is 27.4. The van der Waals surface area contributed by atoms with Crippen LogP contribution in [0.15, 0.2) is 12.2 Å². The predicted molar refractivity (Wildman–Crippen MR) is 122 cm³/mol. The minimum Gasteiger partial charge on any atom is -0.322 e. The zero-order valence-electron chi connectivity index (χ0n) is 17.7. The highest BCUT2D eigenvalue weighted by molar-refractivity contribution is 8.93. The number of rotatable bonds is 18. The predicted octanol–water partition coefficient (Wildman–Crippen LogP) is 8.51. The van der Waals surface area contributed by atoms with Gasteiger partial charge in [0.05, 0.1) is 0 Å². The van der Waals surface area contributed by atoms with E-state index in [2.05, 4.69) is 27.4 Å². The lowest BCUT2D eigenvalue weighted by Gasteiger charge is -2.21. The van der Waals surface area contributed by atoms with Gasteiger partial charge in [0.15, 0.2) is 0 Å². The largest absolute Gasteiger partial charge is 0.322 e. The van der Waals surface area contributed by atoms with Crippen molar-refractivity contribution in [3.05, 3.63) is 12.2 Å². The molecule has 0 aromatic heterocycles. The van der Waals surface area contributed by atoms with Gasteiger partial charge < -0.3 is 5.73 Å². The van der Waals surface area contributed by atoms with Crippen molar-refractivity contribution >= 4 is 17.0 Å². The Morgan fingerprint density at radius 3 is 1.20 bits per heavy atom. The molecule has 0 amide bonds. The molecule has 0 saturated carbocycles. The van der Waals surface area contributed by atoms with Gasteiger partial charge in [-0.15, -0.1) is 17.0 Å². The fourth-order valence-electron chi connectivity index (χ4n) is 3.21. The lowest BCUT2D eigenvalue weighted by atomic mass is 9.92. The highest BCUT2D eigenvalue weighted by atomic mass is 79.9. The minimum atomic E-state index is -0.199. The molecule has 0 spiro atoms. The third-order valence-corrected chi connectivity index (χ3v) is 5.24. The molecule has 0 atom stereocenters. The average molecular weight is 419 g/mol. The van der Waals surface area contributed by atoms with E-state index >= 15 is 0 Å². The number of nitrogens with two attached hydrogens (primary N) is 1. The average Bonchev–Trinajstić information content (AvgIpc) is 2.53. The van der Waals surface area contributed by atoms with Crippen LogP contribution >= 0.6 is 17.0 Å². The highest BCUT2D eigenvalue weighted by Gasteiger charge is 2.14. The van der Waals surface area contributed by atoms with Gasteiger partial charge in [0.1, 0.15) is 0 Å². The van der Waals surface area contributed by atoms with Crippen molar-refractivity contribution < 1.29 is 0 Å². The Labute approximate surface area is 170 Å². The van der Waals surface area contributed by atoms with Gasteiger partial charge in [0, 0.05) is 5.54 Å². The molecule has 0 aliphatic rings. The van der Waals surface area contributed by atoms with Crippen LogP contribution in [0.3, 0.4) is 0 Å². The number of halogens is 1. The summed E-state index contributed by atoms with van der Waals surface area (Å²) in [5, 5.41) is 0. The highest BCUT2D eigenvalue weighted by Crippen LogP contribution is 2.19. The van der Waals surface area contributed by atoms with Gasteiger partial charge in [-0.2, -0.15) is 0 Å². The second kappa shape index (κ2) is 19.0. The Balaban J connectivity index is 0. The molecule has 2 N–H and O–H groups in total. The van der Waals surface area contributed by atoms with E-state index in [1.165, 1.54) is 108 Å². The maximum Gasteiger partial charge on any atom is 0.0308 e. The van der Waals surface area contributed by atoms with E-state index in [1.807, 2.05) is 0 Å². The van der Waals surface area contributed by atoms with Crippen LogP contribution in [0, 0.1) is 0 Å². The molecule has 0 saturated heterocycles. The van der Waals surface area contributed by atoms with Crippen LogP contribution in [0.4, 0.5) is 0 Å². The molecule has 152 valence electrons. The molecule has 0 heterocycles. The van der Waals surface area contributed by atoms with Crippen LogP contribution in [0.2, 0.25) is 0 Å². The van der Waals surface area contributed by atoms with Crippen molar-refractivity contribution in [2.24, 2.45) is 5.73 Å². The second-order valence-corrected chi connectivity index (χ2v) is 8.38. The molecule has 0 unspecified atom stereocenters. The number of hydrogen-bond donors (Lipinski definition) is 1. The van der Waals surface area contributed by atoms with Crippen molar-refractivity contribution in [1.29, 1.82) is 0 Å². The van der Waals surface area contributed by atoms with Crippen molar-refractivity contribution in [2.75, 3.05) is 0 Å². The molecule has 0 aromatic rings. The number of unbranched alkanes of at least 4 members (excludes halogenated alkanes) is 15. The van der Waals surface area contributed by atoms with Crippen LogP contribution in [-0.2, 0) is 0 Å². The fraction of sp³-hybridized carbons (Fsp3) is 0.913. The summed E-state index contributed by atoms with van der Waals surface area (Å²) in [6.45, 7) is 10.5. The fourth-order valence-corrected chi connectivity index (χ4v) is 3.21. The molecule has 0 radical (unpaired) electrons. The lowest BCUT2D eigenvalue weighted by Crippen LogP contribution is -2.33. The maximum atomic E-state index is 6.05. The van der Waals surface area contributed by atoms with Crippen molar-refractivity contribution in [1.82, 2.24) is 0 Å². The van der Waals surface area contributed by atoms with Gasteiger partial charge in [0.2, 0.25) is 0 Å². The number of hydrogen-bond acceptors (Lipinski definition) is 1. The summed E-state index contributed by atoms with van der Waals surface area (Å²) in [6.07, 6.45) is 23.9. The summed E-state index contributed by atoms with van der Waals surface area (Å²) in [5.41, 5.74) is 7.05. The molecule has 25 heavy (non-hydrogen) atoms. The summed E-state index contributed by atoms with van der Waals surface area (Å²) in [7, 11) is 0. The molecular formula is C23H48BrN. The van der Waals surface area contributed by atoms with E-state index in [0.29, 0.717) is 0 Å². The third-order valence-electron chi connectivity index (χ3n) is 5.24. The summed E-state index contributed by atoms with van der Waals surface area (Å²) >= 11 is 0. The molecular weight excluding hydrogens is 370 g/mol. The molecule has 2 heteroatoms. The maximum absolute atomic E-state index is 6.05. The van der Waals surface area contributed by atoms with Crippen molar-refractivity contribution in [3.63, 3.8) is 0 Å². The smallest absolute Gasteiger partial charge is 0.0308 e. The summed E-state index contributed by atoms with van der Waals surface area (Å²) in [4.78, 5) is 0. The lowest BCUT2D eigenvalue weighted by molar-refractivity contribution is 0.523. The van der Waals surface area contributed by atoms with E-state index in [4.69, 9.17) is 5.73 Å². The van der Waals surface area contributed by atoms with Crippen LogP contribution in [0.1, 0.15) is 130 Å². The Bertz CT molecular complexity index is 280. The van der Waals surface area contributed by atoms with E-state index < -0.39 is 0 Å². The van der Waals surface area contributed by atoms with Gasteiger partial charge in [-0.1, -0.05) is 115 Å². The molecule has 0 rings (SSSR count). The van der Waals surface area contributed by atoms with Gasteiger partial charge in [-0.05, 0) is 26.7 Å². The van der Waals surface area contributed by atoms with E-state index in [1.54, 1.807) is 0 Å². The molecule has 0 fully saturated rings. The Kier molecular flexibility index (Phi) is 20.8. The molecule has 0 aliphatic carbocycles.